The summed E-state index contributed by atoms with van der Waals surface area (Å²) in [4.78, 5) is 14.9. The first-order valence-electron chi connectivity index (χ1n) is 4.94. The molecule has 1 heterocycles. The number of hydrogen-bond donors (Lipinski definition) is 1. The zero-order chi connectivity index (χ0) is 12.6. The second-order valence-electron chi connectivity index (χ2n) is 3.78. The highest BCUT2D eigenvalue weighted by molar-refractivity contribution is 14.1. The molecule has 2 rings (SSSR count). The van der Waals surface area contributed by atoms with E-state index in [4.69, 9.17) is 5.11 Å². The van der Waals surface area contributed by atoms with Gasteiger partial charge < -0.3 is 5.11 Å². The van der Waals surface area contributed by atoms with Crippen molar-refractivity contribution in [1.82, 2.24) is 4.98 Å². The highest BCUT2D eigenvalue weighted by Gasteiger charge is 2.11. The second-order valence-corrected chi connectivity index (χ2v) is 5.02. The third kappa shape index (κ3) is 2.54. The molecule has 5 heteroatoms. The lowest BCUT2D eigenvalue weighted by atomic mass is 10.0. The summed E-state index contributed by atoms with van der Waals surface area (Å²) in [5.41, 5.74) is 1.45. The number of halogens is 2. The molecule has 0 bridgehead atoms. The third-order valence-corrected chi connectivity index (χ3v) is 3.01. The smallest absolute Gasteiger partial charge is 0.307 e. The van der Waals surface area contributed by atoms with Crippen molar-refractivity contribution >= 4 is 39.5 Å². The molecule has 0 atom stereocenters. The Kier molecular flexibility index (Phi) is 3.28. The van der Waals surface area contributed by atoms with Crippen molar-refractivity contribution in [2.24, 2.45) is 0 Å². The fraction of sp³-hybridized carbons (Fsp3) is 0.167. The molecule has 0 saturated heterocycles. The minimum atomic E-state index is -0.934. The van der Waals surface area contributed by atoms with Gasteiger partial charge in [0, 0.05) is 14.7 Å². The van der Waals surface area contributed by atoms with Gasteiger partial charge in [0.05, 0.1) is 6.42 Å². The zero-order valence-electron chi connectivity index (χ0n) is 9.00. The number of carbonyl (C=O) groups is 1. The Hall–Kier alpha value is -1.24. The number of carboxylic acid groups (broad SMARTS) is 1. The number of pyridine rings is 1. The van der Waals surface area contributed by atoms with Crippen molar-refractivity contribution < 1.29 is 14.3 Å². The summed E-state index contributed by atoms with van der Waals surface area (Å²) in [6.07, 6.45) is -0.126. The van der Waals surface area contributed by atoms with Gasteiger partial charge in [-0.15, -0.1) is 0 Å². The van der Waals surface area contributed by atoms with Crippen LogP contribution in [-0.4, -0.2) is 16.1 Å². The first-order valence-corrected chi connectivity index (χ1v) is 6.02. The number of hydrogen-bond acceptors (Lipinski definition) is 2. The van der Waals surface area contributed by atoms with E-state index >= 15 is 0 Å². The van der Waals surface area contributed by atoms with Crippen LogP contribution >= 0.6 is 22.6 Å². The molecule has 0 unspecified atom stereocenters. The summed E-state index contributed by atoms with van der Waals surface area (Å²) in [7, 11) is 0. The van der Waals surface area contributed by atoms with Gasteiger partial charge in [0.2, 0.25) is 0 Å². The number of benzene rings is 1. The molecule has 0 saturated carbocycles. The molecule has 17 heavy (non-hydrogen) atoms. The molecule has 0 aliphatic rings. The van der Waals surface area contributed by atoms with E-state index in [-0.39, 0.29) is 11.9 Å². The van der Waals surface area contributed by atoms with Gasteiger partial charge in [-0.2, -0.15) is 0 Å². The van der Waals surface area contributed by atoms with Crippen molar-refractivity contribution in [3.05, 3.63) is 38.8 Å². The SMILES string of the molecule is Cc1cc(CC(=O)O)c2cc(I)cc(F)c2n1. The van der Waals surface area contributed by atoms with Crippen LogP contribution in [0.15, 0.2) is 18.2 Å². The average Bonchev–Trinajstić information content (AvgIpc) is 2.19. The van der Waals surface area contributed by atoms with Gasteiger partial charge in [0.25, 0.3) is 0 Å². The number of nitrogens with zero attached hydrogens (tertiary/aromatic N) is 1. The fourth-order valence-corrected chi connectivity index (χ4v) is 2.36. The lowest BCUT2D eigenvalue weighted by Gasteiger charge is -2.07. The number of aromatic nitrogens is 1. The van der Waals surface area contributed by atoms with E-state index in [1.165, 1.54) is 6.07 Å². The topological polar surface area (TPSA) is 50.2 Å². The monoisotopic (exact) mass is 345 g/mol. The molecule has 2 aromatic rings. The molecule has 0 radical (unpaired) electrons. The van der Waals surface area contributed by atoms with Gasteiger partial charge in [0.1, 0.15) is 11.3 Å². The van der Waals surface area contributed by atoms with Gasteiger partial charge >= 0.3 is 5.97 Å². The number of carboxylic acids is 1. The molecule has 0 fully saturated rings. The maximum Gasteiger partial charge on any atom is 0.307 e. The van der Waals surface area contributed by atoms with Gasteiger partial charge in [-0.3, -0.25) is 9.78 Å². The van der Waals surface area contributed by atoms with Crippen LogP contribution in [0.1, 0.15) is 11.3 Å². The fourth-order valence-electron chi connectivity index (χ4n) is 1.77. The predicted octanol–water partition coefficient (Wildman–Crippen LogP) is 2.91. The molecular formula is C12H9FINO2. The molecule has 0 aliphatic carbocycles. The van der Waals surface area contributed by atoms with Crippen molar-refractivity contribution in [2.75, 3.05) is 0 Å². The summed E-state index contributed by atoms with van der Waals surface area (Å²) < 4.78 is 14.5. The molecule has 1 aromatic carbocycles. The maximum atomic E-state index is 13.7. The summed E-state index contributed by atoms with van der Waals surface area (Å²) in [6, 6.07) is 4.83. The van der Waals surface area contributed by atoms with E-state index in [0.29, 0.717) is 16.6 Å². The lowest BCUT2D eigenvalue weighted by molar-refractivity contribution is -0.136. The van der Waals surface area contributed by atoms with E-state index in [1.54, 1.807) is 19.1 Å². The van der Waals surface area contributed by atoms with Crippen LogP contribution in [-0.2, 0) is 11.2 Å². The van der Waals surface area contributed by atoms with Gasteiger partial charge in [0.15, 0.2) is 0 Å². The van der Waals surface area contributed by atoms with Crippen LogP contribution in [0.4, 0.5) is 4.39 Å². The lowest BCUT2D eigenvalue weighted by Crippen LogP contribution is -2.03. The largest absolute Gasteiger partial charge is 0.481 e. The molecule has 1 N–H and O–H groups in total. The van der Waals surface area contributed by atoms with E-state index in [1.807, 2.05) is 22.6 Å². The second kappa shape index (κ2) is 4.56. The van der Waals surface area contributed by atoms with Crippen LogP contribution in [0, 0.1) is 16.3 Å². The molecule has 1 aromatic heterocycles. The Bertz CT molecular complexity index is 613. The average molecular weight is 345 g/mol. The van der Waals surface area contributed by atoms with Crippen LogP contribution < -0.4 is 0 Å². The number of rotatable bonds is 2. The summed E-state index contributed by atoms with van der Waals surface area (Å²) in [6.45, 7) is 1.72. The van der Waals surface area contributed by atoms with Gasteiger partial charge in [-0.05, 0) is 53.3 Å². The minimum absolute atomic E-state index is 0.126. The number of aliphatic carboxylic acids is 1. The van der Waals surface area contributed by atoms with Crippen LogP contribution in [0.5, 0.6) is 0 Å². The highest BCUT2D eigenvalue weighted by atomic mass is 127. The van der Waals surface area contributed by atoms with Crippen molar-refractivity contribution in [3.63, 3.8) is 0 Å². The Morgan fingerprint density at radius 2 is 2.18 bits per heavy atom. The molecule has 88 valence electrons. The maximum absolute atomic E-state index is 13.7. The Labute approximate surface area is 111 Å². The summed E-state index contributed by atoms with van der Waals surface area (Å²) in [5, 5.41) is 9.41. The van der Waals surface area contributed by atoms with E-state index in [9.17, 15) is 9.18 Å². The van der Waals surface area contributed by atoms with E-state index in [2.05, 4.69) is 4.98 Å². The van der Waals surface area contributed by atoms with Crippen LogP contribution in [0.25, 0.3) is 10.9 Å². The molecule has 0 aliphatic heterocycles. The van der Waals surface area contributed by atoms with Crippen molar-refractivity contribution in [3.8, 4) is 0 Å². The first-order chi connectivity index (χ1) is 7.97. The van der Waals surface area contributed by atoms with Crippen LogP contribution in [0.2, 0.25) is 0 Å². The third-order valence-electron chi connectivity index (χ3n) is 2.39. The zero-order valence-corrected chi connectivity index (χ0v) is 11.2. The first kappa shape index (κ1) is 12.2. The summed E-state index contributed by atoms with van der Waals surface area (Å²) in [5.74, 6) is -1.35. The van der Waals surface area contributed by atoms with Crippen molar-refractivity contribution in [1.29, 1.82) is 0 Å². The molecular weight excluding hydrogens is 336 g/mol. The highest BCUT2D eigenvalue weighted by Crippen LogP contribution is 2.24. The predicted molar refractivity (Wildman–Crippen MR) is 70.5 cm³/mol. The summed E-state index contributed by atoms with van der Waals surface area (Å²) >= 11 is 2.00. The normalized spacial score (nSPS) is 10.8. The Morgan fingerprint density at radius 3 is 2.82 bits per heavy atom. The number of aryl methyl sites for hydroxylation is 1. The van der Waals surface area contributed by atoms with Gasteiger partial charge in [-0.1, -0.05) is 0 Å². The Balaban J connectivity index is 2.77. The Morgan fingerprint density at radius 1 is 1.47 bits per heavy atom. The molecule has 0 amide bonds. The molecule has 3 nitrogen and oxygen atoms in total. The minimum Gasteiger partial charge on any atom is -0.481 e. The van der Waals surface area contributed by atoms with Crippen LogP contribution in [0.3, 0.4) is 0 Å². The molecule has 0 spiro atoms. The van der Waals surface area contributed by atoms with Crippen molar-refractivity contribution in [2.45, 2.75) is 13.3 Å². The van der Waals surface area contributed by atoms with E-state index < -0.39 is 11.8 Å². The van der Waals surface area contributed by atoms with E-state index in [0.717, 1.165) is 3.57 Å². The standard InChI is InChI=1S/C12H9FINO2/c1-6-2-7(3-11(16)17)9-4-8(14)5-10(13)12(9)15-6/h2,4-5H,3H2,1H3,(H,16,17). The quantitative estimate of drug-likeness (QED) is 0.852. The van der Waals surface area contributed by atoms with Gasteiger partial charge in [-0.25, -0.2) is 4.39 Å². The number of fused-ring (bicyclic) bond motifs is 1.